The summed E-state index contributed by atoms with van der Waals surface area (Å²) in [6.45, 7) is -0.775. The number of esters is 1. The Morgan fingerprint density at radius 1 is 0.725 bits per heavy atom. The Labute approximate surface area is 282 Å². The molecule has 3 heterocycles. The number of aliphatic hydroxyl groups excluding tert-OH is 6. The van der Waals surface area contributed by atoms with Gasteiger partial charge in [-0.25, -0.2) is 4.79 Å². The van der Waals surface area contributed by atoms with Gasteiger partial charge in [0.25, 0.3) is 0 Å². The van der Waals surface area contributed by atoms with Crippen LogP contribution in [0, 0.1) is 0 Å². The van der Waals surface area contributed by atoms with Gasteiger partial charge in [0.05, 0.1) is 0 Å². The number of carbonyl (C=O) groups is 3. The number of ether oxygens (including phenoxy) is 5. The molecule has 1 aromatic heterocycles. The summed E-state index contributed by atoms with van der Waals surface area (Å²) in [5, 5.41) is 110. The molecule has 0 radical (unpaired) electrons. The van der Waals surface area contributed by atoms with E-state index < -0.39 is 143 Å². The molecule has 2 aromatic carbocycles. The summed E-state index contributed by atoms with van der Waals surface area (Å²) in [7, 11) is 0. The van der Waals surface area contributed by atoms with Gasteiger partial charge < -0.3 is 84.3 Å². The van der Waals surface area contributed by atoms with E-state index in [2.05, 4.69) is 0 Å². The maximum absolute atomic E-state index is 13.8. The van der Waals surface area contributed by atoms with Gasteiger partial charge >= 0.3 is 17.9 Å². The van der Waals surface area contributed by atoms with Crippen LogP contribution < -0.4 is 14.9 Å². The summed E-state index contributed by atoms with van der Waals surface area (Å²) < 4.78 is 32.1. The zero-order valence-electron chi connectivity index (χ0n) is 25.6. The Morgan fingerprint density at radius 3 is 2.00 bits per heavy atom. The van der Waals surface area contributed by atoms with Crippen LogP contribution in [0.1, 0.15) is 6.42 Å². The van der Waals surface area contributed by atoms with E-state index in [1.54, 1.807) is 0 Å². The van der Waals surface area contributed by atoms with Crippen LogP contribution in [0.2, 0.25) is 0 Å². The van der Waals surface area contributed by atoms with Crippen LogP contribution in [0.25, 0.3) is 22.3 Å². The Bertz CT molecular complexity index is 1870. The fourth-order valence-corrected chi connectivity index (χ4v) is 5.19. The summed E-state index contributed by atoms with van der Waals surface area (Å²) in [4.78, 5) is 47.8. The lowest BCUT2D eigenvalue weighted by molar-refractivity contribution is -0.278. The molecule has 2 saturated heterocycles. The van der Waals surface area contributed by atoms with E-state index >= 15 is 0 Å². The van der Waals surface area contributed by atoms with Gasteiger partial charge in [0.2, 0.25) is 23.8 Å². The van der Waals surface area contributed by atoms with Crippen molar-refractivity contribution in [2.75, 3.05) is 6.61 Å². The van der Waals surface area contributed by atoms with Gasteiger partial charge in [-0.2, -0.15) is 0 Å². The molecule has 0 spiro atoms. The molecule has 2 fully saturated rings. The monoisotopic (exact) mass is 726 g/mol. The maximum atomic E-state index is 13.8. The van der Waals surface area contributed by atoms with Gasteiger partial charge in [0.1, 0.15) is 78.2 Å². The number of aliphatic carboxylic acids is 2. The van der Waals surface area contributed by atoms with E-state index in [0.29, 0.717) is 0 Å². The lowest BCUT2D eigenvalue weighted by Crippen LogP contribution is -2.61. The van der Waals surface area contributed by atoms with Crippen molar-refractivity contribution in [1.29, 1.82) is 0 Å². The fourth-order valence-electron chi connectivity index (χ4n) is 5.19. The lowest BCUT2D eigenvalue weighted by atomic mass is 9.99. The molecule has 2 aliphatic rings. The second-order valence-electron chi connectivity index (χ2n) is 11.3. The normalized spacial score (nSPS) is 29.3. The third kappa shape index (κ3) is 7.45. The third-order valence-electron chi connectivity index (χ3n) is 7.82. The van der Waals surface area contributed by atoms with Crippen molar-refractivity contribution >= 4 is 28.9 Å². The van der Waals surface area contributed by atoms with Gasteiger partial charge in [-0.05, 0) is 18.2 Å². The van der Waals surface area contributed by atoms with Gasteiger partial charge in [-0.3, -0.25) is 14.4 Å². The number of aromatic hydroxyl groups is 3. The second kappa shape index (κ2) is 14.5. The zero-order valence-corrected chi connectivity index (χ0v) is 25.6. The number of rotatable bonds is 10. The first kappa shape index (κ1) is 37.0. The number of aliphatic hydroxyl groups is 6. The number of phenols is 3. The van der Waals surface area contributed by atoms with Crippen molar-refractivity contribution in [1.82, 2.24) is 0 Å². The summed E-state index contributed by atoms with van der Waals surface area (Å²) in [6, 6.07) is 4.82. The van der Waals surface area contributed by atoms with Crippen molar-refractivity contribution in [3.05, 3.63) is 40.6 Å². The molecule has 0 unspecified atom stereocenters. The summed E-state index contributed by atoms with van der Waals surface area (Å²) >= 11 is 0. The minimum Gasteiger partial charge on any atom is -0.507 e. The topological polar surface area (TPSA) is 350 Å². The average molecular weight is 727 g/mol. The number of hydrogen-bond donors (Lipinski definition) is 11. The van der Waals surface area contributed by atoms with E-state index in [1.165, 1.54) is 0 Å². The van der Waals surface area contributed by atoms with E-state index in [4.69, 9.17) is 33.2 Å². The van der Waals surface area contributed by atoms with Gasteiger partial charge in [0.15, 0.2) is 23.4 Å². The molecule has 10 atom stereocenters. The highest BCUT2D eigenvalue weighted by Crippen LogP contribution is 2.40. The minimum atomic E-state index is -2.14. The van der Waals surface area contributed by atoms with Gasteiger partial charge in [-0.15, -0.1) is 0 Å². The fraction of sp³-hybridized carbons (Fsp3) is 0.400. The molecule has 0 bridgehead atoms. The van der Waals surface area contributed by atoms with E-state index in [1.807, 2.05) is 0 Å². The molecule has 21 heteroatoms. The molecular weight excluding hydrogens is 696 g/mol. The van der Waals surface area contributed by atoms with Crippen LogP contribution in [-0.2, 0) is 28.6 Å². The molecule has 276 valence electrons. The molecule has 11 N–H and O–H groups in total. The minimum absolute atomic E-state index is 0.186. The maximum Gasteiger partial charge on any atom is 0.335 e. The first-order chi connectivity index (χ1) is 24.0. The standard InChI is InChI=1S/C30H30O21/c31-10-2-1-8(3-11(10)32)25-26(50-30-24(43)21(40)22(41)27(51-30)28(44)45)19(38)17-12(33)4-9(5-13(17)48-25)47-29-23(42)20(39)18(37)14(49-29)7-46-16(36)6-15(34)35/h1-5,14,18,20-24,27,29-33,37,39-43H,6-7H2,(H,34,35)(H,44,45)/t14-,18-,20+,21+,22+,23-,24-,27+,29-,30-/m1/s1. The van der Waals surface area contributed by atoms with Crippen molar-refractivity contribution in [2.24, 2.45) is 0 Å². The number of carboxylic acids is 2. The second-order valence-corrected chi connectivity index (χ2v) is 11.3. The number of fused-ring (bicyclic) bond motifs is 1. The quantitative estimate of drug-likeness (QED) is 0.0565. The van der Waals surface area contributed by atoms with Crippen LogP contribution in [0.5, 0.6) is 28.7 Å². The number of hydrogen-bond acceptors (Lipinski definition) is 19. The third-order valence-corrected chi connectivity index (χ3v) is 7.82. The number of phenolic OH excluding ortho intramolecular Hbond substituents is 3. The van der Waals surface area contributed by atoms with Crippen molar-refractivity contribution in [3.8, 4) is 40.1 Å². The smallest absolute Gasteiger partial charge is 0.335 e. The zero-order chi connectivity index (χ0) is 37.5. The van der Waals surface area contributed by atoms with Crippen LogP contribution in [0.3, 0.4) is 0 Å². The molecule has 2 aliphatic heterocycles. The number of benzene rings is 2. The van der Waals surface area contributed by atoms with Crippen molar-refractivity contribution in [3.63, 3.8) is 0 Å². The highest BCUT2D eigenvalue weighted by molar-refractivity contribution is 5.90. The number of carbonyl (C=O) groups excluding carboxylic acids is 1. The predicted octanol–water partition coefficient (Wildman–Crippen LogP) is -2.95. The average Bonchev–Trinajstić information content (AvgIpc) is 3.06. The van der Waals surface area contributed by atoms with E-state index in [0.717, 1.165) is 30.3 Å². The molecule has 0 saturated carbocycles. The van der Waals surface area contributed by atoms with Gasteiger partial charge in [0, 0.05) is 17.7 Å². The Balaban J connectivity index is 1.53. The molecule has 5 rings (SSSR count). The first-order valence-corrected chi connectivity index (χ1v) is 14.7. The molecule has 3 aromatic rings. The van der Waals surface area contributed by atoms with Gasteiger partial charge in [-0.1, -0.05) is 0 Å². The first-order valence-electron chi connectivity index (χ1n) is 14.7. The summed E-state index contributed by atoms with van der Waals surface area (Å²) in [6.07, 6.45) is -20.8. The Kier molecular flexibility index (Phi) is 10.5. The molecule has 51 heavy (non-hydrogen) atoms. The molecular formula is C30H30O21. The molecule has 0 aliphatic carbocycles. The van der Waals surface area contributed by atoms with Crippen molar-refractivity contribution < 1.29 is 98.7 Å². The molecule has 21 nitrogen and oxygen atoms in total. The Hall–Kier alpha value is -5.26. The summed E-state index contributed by atoms with van der Waals surface area (Å²) in [5.74, 6) is -8.53. The highest BCUT2D eigenvalue weighted by atomic mass is 16.7. The van der Waals surface area contributed by atoms with Crippen LogP contribution >= 0.6 is 0 Å². The predicted molar refractivity (Wildman–Crippen MR) is 158 cm³/mol. The number of carboxylic acid groups (broad SMARTS) is 2. The van der Waals surface area contributed by atoms with Crippen molar-refractivity contribution in [2.45, 2.75) is 67.8 Å². The van der Waals surface area contributed by atoms with E-state index in [9.17, 15) is 70.2 Å². The van der Waals surface area contributed by atoms with E-state index in [-0.39, 0.29) is 5.56 Å². The Morgan fingerprint density at radius 2 is 1.37 bits per heavy atom. The SMILES string of the molecule is O=C(O)CC(=O)OC[C@H]1O[C@@H](Oc2cc(O)c3c(=O)c(O[C@@H]4O[C@H](C(=O)O)[C@@H](O)[C@H](O)[C@H]4O)c(-c4ccc(O)c(O)c4)oc3c2)[C@H](O)[C@@H](O)[C@@H]1O. The van der Waals surface area contributed by atoms with Crippen LogP contribution in [0.15, 0.2) is 39.5 Å². The highest BCUT2D eigenvalue weighted by Gasteiger charge is 2.49. The lowest BCUT2D eigenvalue weighted by Gasteiger charge is -2.39. The van der Waals surface area contributed by atoms with Crippen LogP contribution in [0.4, 0.5) is 0 Å². The molecule has 0 amide bonds. The van der Waals surface area contributed by atoms with Crippen LogP contribution in [-0.4, -0.2) is 142 Å². The largest absolute Gasteiger partial charge is 0.507 e. The summed E-state index contributed by atoms with van der Waals surface area (Å²) in [5.41, 5.74) is -1.88.